The fourth-order valence-electron chi connectivity index (χ4n) is 2.57. The number of benzene rings is 1. The lowest BCUT2D eigenvalue weighted by Gasteiger charge is -2.39. The predicted molar refractivity (Wildman–Crippen MR) is 80.8 cm³/mol. The second-order valence-corrected chi connectivity index (χ2v) is 6.45. The lowest BCUT2D eigenvalue weighted by atomic mass is 9.91. The molecule has 0 radical (unpaired) electrons. The van der Waals surface area contributed by atoms with E-state index in [2.05, 4.69) is 0 Å². The Morgan fingerprint density at radius 1 is 1.43 bits per heavy atom. The highest BCUT2D eigenvalue weighted by molar-refractivity contribution is 5.69. The number of carbonyl (C=O) groups excluding carboxylic acids is 1. The van der Waals surface area contributed by atoms with Crippen molar-refractivity contribution >= 4 is 6.09 Å². The Bertz CT molecular complexity index is 510. The minimum absolute atomic E-state index is 0.117. The molecule has 0 fully saturated rings. The molecule has 1 aromatic carbocycles. The molecule has 2 atom stereocenters. The summed E-state index contributed by atoms with van der Waals surface area (Å²) in [7, 11) is 0. The number of carbonyl (C=O) groups is 1. The molecule has 1 aliphatic rings. The van der Waals surface area contributed by atoms with Crippen LogP contribution in [0.15, 0.2) is 24.3 Å². The number of hydrogen-bond donors (Lipinski definition) is 2. The molecular formula is C16H24N2O3. The number of rotatable bonds is 2. The van der Waals surface area contributed by atoms with Crippen LogP contribution in [0.25, 0.3) is 0 Å². The van der Waals surface area contributed by atoms with E-state index >= 15 is 0 Å². The number of hydrogen-bond acceptors (Lipinski definition) is 4. The first kappa shape index (κ1) is 15.8. The maximum atomic E-state index is 12.4. The number of aliphatic hydroxyl groups excluding tert-OH is 1. The largest absolute Gasteiger partial charge is 0.444 e. The highest BCUT2D eigenvalue weighted by Gasteiger charge is 2.36. The van der Waals surface area contributed by atoms with Gasteiger partial charge in [-0.25, -0.2) is 4.79 Å². The molecule has 3 N–H and O–H groups in total. The molecule has 1 heterocycles. The number of aliphatic hydroxyl groups is 1. The van der Waals surface area contributed by atoms with Crippen molar-refractivity contribution in [3.8, 4) is 0 Å². The maximum absolute atomic E-state index is 12.4. The van der Waals surface area contributed by atoms with Gasteiger partial charge in [-0.15, -0.1) is 0 Å². The van der Waals surface area contributed by atoms with E-state index in [0.717, 1.165) is 11.1 Å². The van der Waals surface area contributed by atoms with Crippen molar-refractivity contribution in [2.75, 3.05) is 6.54 Å². The first-order chi connectivity index (χ1) is 9.81. The third-order valence-electron chi connectivity index (χ3n) is 3.60. The van der Waals surface area contributed by atoms with Gasteiger partial charge in [0.2, 0.25) is 0 Å². The van der Waals surface area contributed by atoms with E-state index in [0.29, 0.717) is 13.0 Å². The molecular weight excluding hydrogens is 268 g/mol. The molecule has 116 valence electrons. The van der Waals surface area contributed by atoms with E-state index in [4.69, 9.17) is 10.5 Å². The molecule has 0 saturated carbocycles. The molecule has 0 saturated heterocycles. The summed E-state index contributed by atoms with van der Waals surface area (Å²) in [5.74, 6) is 0. The molecule has 5 heteroatoms. The van der Waals surface area contributed by atoms with Gasteiger partial charge >= 0.3 is 6.09 Å². The Hall–Kier alpha value is -1.59. The van der Waals surface area contributed by atoms with Crippen LogP contribution in [0.3, 0.4) is 0 Å². The molecule has 2 rings (SSSR count). The van der Waals surface area contributed by atoms with Gasteiger partial charge in [0.1, 0.15) is 5.60 Å². The first-order valence-corrected chi connectivity index (χ1v) is 7.26. The second-order valence-electron chi connectivity index (χ2n) is 6.45. The molecule has 0 spiro atoms. The SMILES string of the molecule is CC(C)(C)OC(=O)N1Cc2ccccc2CC1C(O)CN. The molecule has 0 aromatic heterocycles. The van der Waals surface area contributed by atoms with Crippen LogP contribution in [-0.2, 0) is 17.7 Å². The number of amides is 1. The third-order valence-corrected chi connectivity index (χ3v) is 3.60. The zero-order chi connectivity index (χ0) is 15.6. The van der Waals surface area contributed by atoms with E-state index in [1.54, 1.807) is 4.90 Å². The second kappa shape index (κ2) is 6.03. The molecule has 21 heavy (non-hydrogen) atoms. The van der Waals surface area contributed by atoms with Crippen molar-refractivity contribution in [3.05, 3.63) is 35.4 Å². The van der Waals surface area contributed by atoms with Crippen molar-refractivity contribution in [3.63, 3.8) is 0 Å². The molecule has 2 unspecified atom stereocenters. The van der Waals surface area contributed by atoms with Crippen LogP contribution in [0.4, 0.5) is 4.79 Å². The average molecular weight is 292 g/mol. The number of nitrogens with two attached hydrogens (primary N) is 1. The van der Waals surface area contributed by atoms with Gasteiger partial charge in [0, 0.05) is 13.1 Å². The Morgan fingerprint density at radius 3 is 2.62 bits per heavy atom. The topological polar surface area (TPSA) is 75.8 Å². The zero-order valence-corrected chi connectivity index (χ0v) is 12.9. The van der Waals surface area contributed by atoms with Gasteiger partial charge in [-0.3, -0.25) is 4.90 Å². The molecule has 1 aliphatic heterocycles. The summed E-state index contributed by atoms with van der Waals surface area (Å²) in [5, 5.41) is 10.2. The van der Waals surface area contributed by atoms with E-state index < -0.39 is 17.8 Å². The molecule has 1 amide bonds. The lowest BCUT2D eigenvalue weighted by Crippen LogP contribution is -2.53. The summed E-state index contributed by atoms with van der Waals surface area (Å²) in [6.07, 6.45) is -0.575. The fraction of sp³-hybridized carbons (Fsp3) is 0.562. The molecule has 5 nitrogen and oxygen atoms in total. The van der Waals surface area contributed by atoms with Crippen LogP contribution in [-0.4, -0.2) is 40.4 Å². The Kier molecular flexibility index (Phi) is 4.54. The van der Waals surface area contributed by atoms with Gasteiger partial charge in [-0.1, -0.05) is 24.3 Å². The fourth-order valence-corrected chi connectivity index (χ4v) is 2.57. The maximum Gasteiger partial charge on any atom is 0.410 e. The summed E-state index contributed by atoms with van der Waals surface area (Å²) in [4.78, 5) is 14.0. The number of fused-ring (bicyclic) bond motifs is 1. The average Bonchev–Trinajstić information content (AvgIpc) is 2.43. The van der Waals surface area contributed by atoms with Gasteiger partial charge in [0.05, 0.1) is 12.1 Å². The van der Waals surface area contributed by atoms with Crippen LogP contribution in [0.1, 0.15) is 31.9 Å². The molecule has 0 bridgehead atoms. The summed E-state index contributed by atoms with van der Waals surface area (Å²) in [6, 6.07) is 7.59. The van der Waals surface area contributed by atoms with Crippen molar-refractivity contribution in [1.82, 2.24) is 4.90 Å². The van der Waals surface area contributed by atoms with E-state index in [-0.39, 0.29) is 12.6 Å². The first-order valence-electron chi connectivity index (χ1n) is 7.26. The van der Waals surface area contributed by atoms with Crippen LogP contribution < -0.4 is 5.73 Å². The Balaban J connectivity index is 2.26. The van der Waals surface area contributed by atoms with Crippen molar-refractivity contribution in [2.45, 2.75) is 51.5 Å². The summed E-state index contributed by atoms with van der Waals surface area (Å²) in [6.45, 7) is 6.05. The van der Waals surface area contributed by atoms with Crippen molar-refractivity contribution < 1.29 is 14.6 Å². The quantitative estimate of drug-likeness (QED) is 0.869. The number of nitrogens with zero attached hydrogens (tertiary/aromatic N) is 1. The van der Waals surface area contributed by atoms with Gasteiger partial charge in [0.15, 0.2) is 0 Å². The number of ether oxygens (including phenoxy) is 1. The van der Waals surface area contributed by atoms with E-state index in [9.17, 15) is 9.90 Å². The monoisotopic (exact) mass is 292 g/mol. The van der Waals surface area contributed by atoms with Gasteiger partial charge in [0.25, 0.3) is 0 Å². The van der Waals surface area contributed by atoms with E-state index in [1.807, 2.05) is 45.0 Å². The molecule has 1 aromatic rings. The summed E-state index contributed by atoms with van der Waals surface area (Å²) < 4.78 is 5.45. The van der Waals surface area contributed by atoms with Crippen LogP contribution in [0, 0.1) is 0 Å². The standard InChI is InChI=1S/C16H24N2O3/c1-16(2,3)21-15(20)18-10-12-7-5-4-6-11(12)8-13(18)14(19)9-17/h4-7,13-14,19H,8-10,17H2,1-3H3. The smallest absolute Gasteiger partial charge is 0.410 e. The predicted octanol–water partition coefficient (Wildman–Crippen LogP) is 1.67. The Labute approximate surface area is 125 Å². The van der Waals surface area contributed by atoms with Gasteiger partial charge in [-0.05, 0) is 38.3 Å². The van der Waals surface area contributed by atoms with Crippen LogP contribution in [0.2, 0.25) is 0 Å². The third kappa shape index (κ3) is 3.74. The summed E-state index contributed by atoms with van der Waals surface area (Å²) >= 11 is 0. The minimum atomic E-state index is -0.758. The summed E-state index contributed by atoms with van der Waals surface area (Å²) in [5.41, 5.74) is 7.26. The normalized spacial score (nSPS) is 19.9. The highest BCUT2D eigenvalue weighted by Crippen LogP contribution is 2.26. The van der Waals surface area contributed by atoms with Crippen molar-refractivity contribution in [2.24, 2.45) is 5.73 Å². The van der Waals surface area contributed by atoms with Gasteiger partial charge < -0.3 is 15.6 Å². The van der Waals surface area contributed by atoms with Gasteiger partial charge in [-0.2, -0.15) is 0 Å². The molecule has 0 aliphatic carbocycles. The zero-order valence-electron chi connectivity index (χ0n) is 12.9. The van der Waals surface area contributed by atoms with Crippen LogP contribution in [0.5, 0.6) is 0 Å². The van der Waals surface area contributed by atoms with E-state index in [1.165, 1.54) is 0 Å². The highest BCUT2D eigenvalue weighted by atomic mass is 16.6. The van der Waals surface area contributed by atoms with Crippen LogP contribution >= 0.6 is 0 Å². The Morgan fingerprint density at radius 2 is 2.05 bits per heavy atom. The lowest BCUT2D eigenvalue weighted by molar-refractivity contribution is -0.0101. The minimum Gasteiger partial charge on any atom is -0.444 e. The van der Waals surface area contributed by atoms with Crippen molar-refractivity contribution in [1.29, 1.82) is 0 Å².